The van der Waals surface area contributed by atoms with Gasteiger partial charge in [-0.05, 0) is 17.7 Å². The molecule has 0 saturated heterocycles. The summed E-state index contributed by atoms with van der Waals surface area (Å²) in [6, 6.07) is 9.58. The van der Waals surface area contributed by atoms with E-state index in [-0.39, 0.29) is 11.3 Å². The van der Waals surface area contributed by atoms with Crippen molar-refractivity contribution in [1.82, 2.24) is 10.2 Å². The third kappa shape index (κ3) is 3.93. The van der Waals surface area contributed by atoms with E-state index in [1.807, 2.05) is 30.3 Å². The molecule has 0 aliphatic heterocycles. The van der Waals surface area contributed by atoms with Crippen molar-refractivity contribution >= 4 is 27.7 Å². The smallest absolute Gasteiger partial charge is 0.229 e. The zero-order chi connectivity index (χ0) is 14.8. The van der Waals surface area contributed by atoms with Gasteiger partial charge in [-0.15, -0.1) is 0 Å². The van der Waals surface area contributed by atoms with Crippen LogP contribution in [0, 0.1) is 0 Å². The Balaban J connectivity index is 1.98. The van der Waals surface area contributed by atoms with Crippen molar-refractivity contribution in [2.45, 2.75) is 32.6 Å². The predicted molar refractivity (Wildman–Crippen MR) is 83.8 cm³/mol. The minimum absolute atomic E-state index is 0.0122. The minimum atomic E-state index is -0.0701. The molecule has 0 atom stereocenters. The number of H-pyrrole nitrogens is 1. The van der Waals surface area contributed by atoms with Crippen molar-refractivity contribution in [3.63, 3.8) is 0 Å². The summed E-state index contributed by atoms with van der Waals surface area (Å²) in [5.74, 6) is 0.497. The van der Waals surface area contributed by atoms with Gasteiger partial charge in [-0.3, -0.25) is 9.89 Å². The maximum Gasteiger partial charge on any atom is 0.229 e. The summed E-state index contributed by atoms with van der Waals surface area (Å²) in [5.41, 5.74) is 1.95. The lowest BCUT2D eigenvalue weighted by atomic mass is 9.92. The molecule has 4 nitrogen and oxygen atoms in total. The number of nitrogens with zero attached hydrogens (tertiary/aromatic N) is 1. The Hall–Kier alpha value is -1.62. The van der Waals surface area contributed by atoms with E-state index in [4.69, 9.17) is 0 Å². The number of halogens is 1. The molecule has 1 aromatic heterocycles. The van der Waals surface area contributed by atoms with E-state index >= 15 is 0 Å². The standard InChI is InChI=1S/C15H18BrN3O/c1-15(2,3)12-9-13(19-18-12)17-14(20)8-10-4-6-11(16)7-5-10/h4-7,9H,8H2,1-3H3,(H2,17,18,19,20). The van der Waals surface area contributed by atoms with Crippen molar-refractivity contribution in [1.29, 1.82) is 0 Å². The van der Waals surface area contributed by atoms with Crippen LogP contribution in [0.4, 0.5) is 5.82 Å². The molecular formula is C15H18BrN3O. The third-order valence-electron chi connectivity index (χ3n) is 2.93. The molecule has 0 radical (unpaired) electrons. The number of hydrogen-bond acceptors (Lipinski definition) is 2. The van der Waals surface area contributed by atoms with E-state index in [1.165, 1.54) is 0 Å². The van der Waals surface area contributed by atoms with Gasteiger partial charge in [0, 0.05) is 21.6 Å². The van der Waals surface area contributed by atoms with Crippen LogP contribution in [0.1, 0.15) is 32.0 Å². The van der Waals surface area contributed by atoms with Crippen molar-refractivity contribution in [3.8, 4) is 0 Å². The molecule has 2 rings (SSSR count). The highest BCUT2D eigenvalue weighted by Gasteiger charge is 2.17. The van der Waals surface area contributed by atoms with Gasteiger partial charge in [-0.25, -0.2) is 0 Å². The number of benzene rings is 1. The molecule has 2 N–H and O–H groups in total. The summed E-state index contributed by atoms with van der Waals surface area (Å²) in [7, 11) is 0. The number of aromatic nitrogens is 2. The van der Waals surface area contributed by atoms with Crippen LogP contribution in [-0.2, 0) is 16.6 Å². The fourth-order valence-corrected chi connectivity index (χ4v) is 2.01. The highest BCUT2D eigenvalue weighted by atomic mass is 79.9. The van der Waals surface area contributed by atoms with Gasteiger partial charge in [0.15, 0.2) is 5.82 Å². The Labute approximate surface area is 127 Å². The van der Waals surface area contributed by atoms with Gasteiger partial charge < -0.3 is 5.32 Å². The third-order valence-corrected chi connectivity index (χ3v) is 3.46. The Kier molecular flexibility index (Phi) is 4.28. The molecule has 1 amide bonds. The molecule has 0 bridgehead atoms. The summed E-state index contributed by atoms with van der Waals surface area (Å²) in [6.45, 7) is 6.27. The second-order valence-corrected chi connectivity index (χ2v) is 6.68. The van der Waals surface area contributed by atoms with Crippen LogP contribution in [0.3, 0.4) is 0 Å². The number of carbonyl (C=O) groups excluding carboxylic acids is 1. The van der Waals surface area contributed by atoms with Crippen LogP contribution >= 0.6 is 15.9 Å². The first-order valence-corrected chi connectivity index (χ1v) is 7.24. The molecule has 0 aliphatic rings. The molecular weight excluding hydrogens is 318 g/mol. The van der Waals surface area contributed by atoms with Gasteiger partial charge in [0.05, 0.1) is 6.42 Å². The number of aromatic amines is 1. The number of nitrogens with one attached hydrogen (secondary N) is 2. The van der Waals surface area contributed by atoms with Crippen molar-refractivity contribution < 1.29 is 4.79 Å². The van der Waals surface area contributed by atoms with Crippen LogP contribution < -0.4 is 5.32 Å². The van der Waals surface area contributed by atoms with Gasteiger partial charge in [0.1, 0.15) is 0 Å². The fourth-order valence-electron chi connectivity index (χ4n) is 1.74. The molecule has 0 fully saturated rings. The normalized spacial score (nSPS) is 11.4. The summed E-state index contributed by atoms with van der Waals surface area (Å²) in [4.78, 5) is 11.9. The first-order chi connectivity index (χ1) is 9.34. The lowest BCUT2D eigenvalue weighted by Crippen LogP contribution is -2.14. The molecule has 0 aliphatic carbocycles. The largest absolute Gasteiger partial charge is 0.309 e. The van der Waals surface area contributed by atoms with Crippen LogP contribution in [-0.4, -0.2) is 16.1 Å². The van der Waals surface area contributed by atoms with Crippen LogP contribution in [0.25, 0.3) is 0 Å². The quantitative estimate of drug-likeness (QED) is 0.899. The number of carbonyl (C=O) groups is 1. The van der Waals surface area contributed by atoms with Gasteiger partial charge in [-0.1, -0.05) is 48.8 Å². The van der Waals surface area contributed by atoms with Crippen LogP contribution in [0.2, 0.25) is 0 Å². The average molecular weight is 336 g/mol. The molecule has 5 heteroatoms. The molecule has 0 saturated carbocycles. The van der Waals surface area contributed by atoms with E-state index < -0.39 is 0 Å². The Morgan fingerprint density at radius 2 is 1.95 bits per heavy atom. The summed E-state index contributed by atoms with van der Waals surface area (Å²) in [5, 5.41) is 9.87. The monoisotopic (exact) mass is 335 g/mol. The number of rotatable bonds is 3. The first kappa shape index (κ1) is 14.8. The zero-order valence-electron chi connectivity index (χ0n) is 11.8. The van der Waals surface area contributed by atoms with Crippen LogP contribution in [0.15, 0.2) is 34.8 Å². The molecule has 106 valence electrons. The lowest BCUT2D eigenvalue weighted by Gasteiger charge is -2.14. The van der Waals surface area contributed by atoms with Gasteiger partial charge in [-0.2, -0.15) is 5.10 Å². The predicted octanol–water partition coefficient (Wildman–Crippen LogP) is 3.65. The van der Waals surface area contributed by atoms with Gasteiger partial charge in [0.2, 0.25) is 5.91 Å². The first-order valence-electron chi connectivity index (χ1n) is 6.45. The maximum absolute atomic E-state index is 11.9. The highest BCUT2D eigenvalue weighted by molar-refractivity contribution is 9.10. The molecule has 20 heavy (non-hydrogen) atoms. The van der Waals surface area contributed by atoms with E-state index in [0.717, 1.165) is 15.7 Å². The fraction of sp³-hybridized carbons (Fsp3) is 0.333. The number of amides is 1. The number of anilines is 1. The maximum atomic E-state index is 11.9. The van der Waals surface area contributed by atoms with E-state index in [9.17, 15) is 4.79 Å². The second kappa shape index (κ2) is 5.79. The molecule has 2 aromatic rings. The molecule has 1 heterocycles. The highest BCUT2D eigenvalue weighted by Crippen LogP contribution is 2.22. The van der Waals surface area contributed by atoms with Gasteiger partial charge in [0.25, 0.3) is 0 Å². The van der Waals surface area contributed by atoms with Gasteiger partial charge >= 0.3 is 0 Å². The Morgan fingerprint density at radius 3 is 2.50 bits per heavy atom. The second-order valence-electron chi connectivity index (χ2n) is 5.77. The minimum Gasteiger partial charge on any atom is -0.309 e. The van der Waals surface area contributed by atoms with Crippen LogP contribution in [0.5, 0.6) is 0 Å². The number of hydrogen-bond donors (Lipinski definition) is 2. The summed E-state index contributed by atoms with van der Waals surface area (Å²) >= 11 is 3.37. The lowest BCUT2D eigenvalue weighted by molar-refractivity contribution is -0.115. The van der Waals surface area contributed by atoms with Crippen molar-refractivity contribution in [3.05, 3.63) is 46.1 Å². The molecule has 0 unspecified atom stereocenters. The van der Waals surface area contributed by atoms with Crippen molar-refractivity contribution in [2.75, 3.05) is 5.32 Å². The Morgan fingerprint density at radius 1 is 1.30 bits per heavy atom. The molecule has 1 aromatic carbocycles. The average Bonchev–Trinajstić information content (AvgIpc) is 2.80. The zero-order valence-corrected chi connectivity index (χ0v) is 13.4. The summed E-state index contributed by atoms with van der Waals surface area (Å²) < 4.78 is 1.00. The van der Waals surface area contributed by atoms with E-state index in [0.29, 0.717) is 12.2 Å². The Bertz CT molecular complexity index is 596. The van der Waals surface area contributed by atoms with Crippen molar-refractivity contribution in [2.24, 2.45) is 0 Å². The molecule has 0 spiro atoms. The van der Waals surface area contributed by atoms with E-state index in [2.05, 4.69) is 52.2 Å². The topological polar surface area (TPSA) is 57.8 Å². The van der Waals surface area contributed by atoms with E-state index in [1.54, 1.807) is 0 Å². The summed E-state index contributed by atoms with van der Waals surface area (Å²) in [6.07, 6.45) is 0.338. The SMILES string of the molecule is CC(C)(C)c1cc(NC(=O)Cc2ccc(Br)cc2)n[nH]1.